The molecule has 0 aromatic heterocycles. The summed E-state index contributed by atoms with van der Waals surface area (Å²) in [5.74, 6) is 0.901. The van der Waals surface area contributed by atoms with E-state index in [1.54, 1.807) is 6.08 Å². The highest BCUT2D eigenvalue weighted by Crippen LogP contribution is 2.29. The lowest BCUT2D eigenvalue weighted by Crippen LogP contribution is -2.32. The highest BCUT2D eigenvalue weighted by atomic mass is 16.2. The zero-order chi connectivity index (χ0) is 12.8. The van der Waals surface area contributed by atoms with Gasteiger partial charge in [0.15, 0.2) is 0 Å². The maximum Gasteiger partial charge on any atom is 0.246 e. The highest BCUT2D eigenvalue weighted by Gasteiger charge is 2.25. The molecule has 0 N–H and O–H groups in total. The summed E-state index contributed by atoms with van der Waals surface area (Å²) in [7, 11) is 0. The van der Waals surface area contributed by atoms with E-state index in [1.165, 1.54) is 12.8 Å². The van der Waals surface area contributed by atoms with Crippen molar-refractivity contribution in [2.75, 3.05) is 13.1 Å². The molecule has 0 atom stereocenters. The van der Waals surface area contributed by atoms with Gasteiger partial charge in [0.1, 0.15) is 0 Å². The summed E-state index contributed by atoms with van der Waals surface area (Å²) >= 11 is 0. The predicted octanol–water partition coefficient (Wildman–Crippen LogP) is 3.35. The first-order chi connectivity index (χ1) is 8.79. The molecule has 0 heterocycles. The average Bonchev–Trinajstić information content (AvgIpc) is 3.21. The molecule has 1 saturated carbocycles. The van der Waals surface area contributed by atoms with Crippen LogP contribution in [0.25, 0.3) is 6.08 Å². The van der Waals surface area contributed by atoms with Crippen molar-refractivity contribution in [3.63, 3.8) is 0 Å². The van der Waals surface area contributed by atoms with Gasteiger partial charge in [-0.3, -0.25) is 4.79 Å². The van der Waals surface area contributed by atoms with Gasteiger partial charge in [-0.1, -0.05) is 37.3 Å². The van der Waals surface area contributed by atoms with Crippen molar-refractivity contribution in [3.8, 4) is 0 Å². The summed E-state index contributed by atoms with van der Waals surface area (Å²) in [6, 6.07) is 9.97. The Kier molecular flexibility index (Phi) is 4.57. The van der Waals surface area contributed by atoms with Crippen molar-refractivity contribution >= 4 is 12.0 Å². The molecule has 1 aromatic carbocycles. The van der Waals surface area contributed by atoms with Crippen LogP contribution < -0.4 is 0 Å². The lowest BCUT2D eigenvalue weighted by atomic mass is 10.2. The minimum absolute atomic E-state index is 0.146. The Morgan fingerprint density at radius 3 is 2.67 bits per heavy atom. The maximum atomic E-state index is 12.1. The molecule has 0 spiro atoms. The predicted molar refractivity (Wildman–Crippen MR) is 75.1 cm³/mol. The highest BCUT2D eigenvalue weighted by molar-refractivity contribution is 5.91. The monoisotopic (exact) mass is 243 g/mol. The summed E-state index contributed by atoms with van der Waals surface area (Å²) < 4.78 is 0. The number of hydrogen-bond donors (Lipinski definition) is 0. The second-order valence-electron chi connectivity index (χ2n) is 4.97. The van der Waals surface area contributed by atoms with Crippen LogP contribution in [0.3, 0.4) is 0 Å². The van der Waals surface area contributed by atoms with Gasteiger partial charge in [-0.25, -0.2) is 0 Å². The van der Waals surface area contributed by atoms with E-state index in [1.807, 2.05) is 41.3 Å². The fourth-order valence-corrected chi connectivity index (χ4v) is 2.01. The number of carbonyl (C=O) groups excluding carboxylic acids is 1. The van der Waals surface area contributed by atoms with Gasteiger partial charge in [-0.05, 0) is 36.8 Å². The largest absolute Gasteiger partial charge is 0.339 e. The molecule has 1 amide bonds. The van der Waals surface area contributed by atoms with Crippen molar-refractivity contribution in [3.05, 3.63) is 42.0 Å². The Bertz CT molecular complexity index is 406. The van der Waals surface area contributed by atoms with Gasteiger partial charge < -0.3 is 4.90 Å². The molecule has 0 saturated heterocycles. The van der Waals surface area contributed by atoms with Crippen molar-refractivity contribution < 1.29 is 4.79 Å². The van der Waals surface area contributed by atoms with E-state index in [0.717, 1.165) is 31.0 Å². The third kappa shape index (κ3) is 4.02. The number of amides is 1. The molecular weight excluding hydrogens is 222 g/mol. The number of hydrogen-bond acceptors (Lipinski definition) is 1. The molecule has 1 aromatic rings. The van der Waals surface area contributed by atoms with Crippen molar-refractivity contribution in [2.45, 2.75) is 26.2 Å². The second-order valence-corrected chi connectivity index (χ2v) is 4.97. The van der Waals surface area contributed by atoms with Gasteiger partial charge in [-0.2, -0.15) is 0 Å². The maximum absolute atomic E-state index is 12.1. The summed E-state index contributed by atoms with van der Waals surface area (Å²) in [5.41, 5.74) is 1.08. The first-order valence-electron chi connectivity index (χ1n) is 6.81. The molecule has 1 aliphatic rings. The second kappa shape index (κ2) is 6.39. The molecule has 96 valence electrons. The van der Waals surface area contributed by atoms with Gasteiger partial charge in [0.25, 0.3) is 0 Å². The van der Waals surface area contributed by atoms with E-state index in [4.69, 9.17) is 0 Å². The lowest BCUT2D eigenvalue weighted by molar-refractivity contribution is -0.126. The molecular formula is C16H21NO. The van der Waals surface area contributed by atoms with E-state index in [2.05, 4.69) is 6.92 Å². The van der Waals surface area contributed by atoms with Crippen LogP contribution in [-0.4, -0.2) is 23.9 Å². The first kappa shape index (κ1) is 12.9. The van der Waals surface area contributed by atoms with Crippen LogP contribution in [0.1, 0.15) is 31.7 Å². The van der Waals surface area contributed by atoms with E-state index in [0.29, 0.717) is 0 Å². The van der Waals surface area contributed by atoms with Crippen LogP contribution in [0.15, 0.2) is 36.4 Å². The summed E-state index contributed by atoms with van der Waals surface area (Å²) in [6.45, 7) is 3.92. The minimum atomic E-state index is 0.146. The summed E-state index contributed by atoms with van der Waals surface area (Å²) in [5, 5.41) is 0. The van der Waals surface area contributed by atoms with Crippen LogP contribution in [0, 0.1) is 5.92 Å². The standard InChI is InChI=1S/C16H21NO/c1-2-12-17(13-15-8-9-15)16(18)11-10-14-6-4-3-5-7-14/h3-7,10-11,15H,2,8-9,12-13H2,1H3/b11-10+. The van der Waals surface area contributed by atoms with Gasteiger partial charge >= 0.3 is 0 Å². The summed E-state index contributed by atoms with van der Waals surface area (Å²) in [4.78, 5) is 14.1. The third-order valence-electron chi connectivity index (χ3n) is 3.20. The minimum Gasteiger partial charge on any atom is -0.339 e. The Labute approximate surface area is 109 Å². The topological polar surface area (TPSA) is 20.3 Å². The molecule has 0 aliphatic heterocycles. The lowest BCUT2D eigenvalue weighted by Gasteiger charge is -2.20. The fraction of sp³-hybridized carbons (Fsp3) is 0.438. The van der Waals surface area contributed by atoms with Crippen LogP contribution in [0.4, 0.5) is 0 Å². The number of nitrogens with zero attached hydrogens (tertiary/aromatic N) is 1. The van der Waals surface area contributed by atoms with E-state index >= 15 is 0 Å². The molecule has 1 aliphatic carbocycles. The van der Waals surface area contributed by atoms with Gasteiger partial charge in [-0.15, -0.1) is 0 Å². The molecule has 0 radical (unpaired) electrons. The normalized spacial score (nSPS) is 14.9. The van der Waals surface area contributed by atoms with Crippen LogP contribution in [-0.2, 0) is 4.79 Å². The Balaban J connectivity index is 1.93. The van der Waals surface area contributed by atoms with E-state index < -0.39 is 0 Å². The Morgan fingerprint density at radius 1 is 1.33 bits per heavy atom. The molecule has 1 fully saturated rings. The Hall–Kier alpha value is -1.57. The van der Waals surface area contributed by atoms with Crippen LogP contribution in [0.2, 0.25) is 0 Å². The number of carbonyl (C=O) groups is 1. The van der Waals surface area contributed by atoms with Gasteiger partial charge in [0, 0.05) is 19.2 Å². The van der Waals surface area contributed by atoms with E-state index in [9.17, 15) is 4.79 Å². The fourth-order valence-electron chi connectivity index (χ4n) is 2.01. The van der Waals surface area contributed by atoms with Crippen LogP contribution >= 0.6 is 0 Å². The Morgan fingerprint density at radius 2 is 2.06 bits per heavy atom. The quantitative estimate of drug-likeness (QED) is 0.702. The smallest absolute Gasteiger partial charge is 0.246 e. The molecule has 0 bridgehead atoms. The van der Waals surface area contributed by atoms with Gasteiger partial charge in [0.05, 0.1) is 0 Å². The number of rotatable bonds is 6. The zero-order valence-electron chi connectivity index (χ0n) is 11.0. The first-order valence-corrected chi connectivity index (χ1v) is 6.81. The number of benzene rings is 1. The molecule has 2 nitrogen and oxygen atoms in total. The van der Waals surface area contributed by atoms with Gasteiger partial charge in [0.2, 0.25) is 5.91 Å². The molecule has 18 heavy (non-hydrogen) atoms. The van der Waals surface area contributed by atoms with Crippen molar-refractivity contribution in [2.24, 2.45) is 5.92 Å². The molecule has 0 unspecified atom stereocenters. The SMILES string of the molecule is CCCN(CC1CC1)C(=O)/C=C/c1ccccc1. The average molecular weight is 243 g/mol. The zero-order valence-corrected chi connectivity index (χ0v) is 11.0. The molecule has 2 rings (SSSR count). The summed E-state index contributed by atoms with van der Waals surface area (Å²) in [6.07, 6.45) is 7.20. The molecule has 2 heteroatoms. The van der Waals surface area contributed by atoms with Crippen molar-refractivity contribution in [1.29, 1.82) is 0 Å². The van der Waals surface area contributed by atoms with Crippen molar-refractivity contribution in [1.82, 2.24) is 4.90 Å². The van der Waals surface area contributed by atoms with E-state index in [-0.39, 0.29) is 5.91 Å². The third-order valence-corrected chi connectivity index (χ3v) is 3.20. The van der Waals surface area contributed by atoms with Crippen LogP contribution in [0.5, 0.6) is 0 Å².